The van der Waals surface area contributed by atoms with E-state index in [-0.39, 0.29) is 5.41 Å². The summed E-state index contributed by atoms with van der Waals surface area (Å²) in [5.41, 5.74) is 15.6. The van der Waals surface area contributed by atoms with Gasteiger partial charge in [0.1, 0.15) is 5.82 Å². The summed E-state index contributed by atoms with van der Waals surface area (Å²) in [7, 11) is 0. The first-order valence-electron chi connectivity index (χ1n) is 27.9. The summed E-state index contributed by atoms with van der Waals surface area (Å²) in [6.45, 7) is 4.86. The Morgan fingerprint density at radius 1 is 0.370 bits per heavy atom. The molecule has 0 bridgehead atoms. The largest absolute Gasteiger partial charge is 0.313 e. The van der Waals surface area contributed by atoms with Crippen LogP contribution in [0.1, 0.15) is 37.8 Å². The van der Waals surface area contributed by atoms with Crippen LogP contribution in [0.25, 0.3) is 160 Å². The third kappa shape index (κ3) is 6.08. The third-order valence-electron chi connectivity index (χ3n) is 18.2. The minimum Gasteiger partial charge on any atom is -0.313 e. The lowest BCUT2D eigenvalue weighted by Gasteiger charge is -2.26. The van der Waals surface area contributed by atoms with Gasteiger partial charge in [-0.05, 0) is 120 Å². The van der Waals surface area contributed by atoms with Crippen LogP contribution in [0.4, 0.5) is 0 Å². The second-order valence-corrected chi connectivity index (χ2v) is 26.0. The van der Waals surface area contributed by atoms with Gasteiger partial charge in [0.15, 0.2) is 0 Å². The second kappa shape index (κ2) is 16.0. The van der Waals surface area contributed by atoms with E-state index in [4.69, 9.17) is 9.97 Å². The smallest absolute Gasteiger partial charge is 0.237 e. The minimum atomic E-state index is -0.270. The van der Waals surface area contributed by atoms with Crippen molar-refractivity contribution in [2.75, 3.05) is 0 Å². The Balaban J connectivity index is 0.817. The molecule has 0 spiro atoms. The zero-order chi connectivity index (χ0) is 53.0. The number of thiophene rings is 3. The van der Waals surface area contributed by atoms with Crippen LogP contribution >= 0.6 is 34.0 Å². The van der Waals surface area contributed by atoms with Gasteiger partial charge in [0.05, 0.1) is 38.8 Å². The van der Waals surface area contributed by atoms with Crippen LogP contribution in [0.2, 0.25) is 0 Å². The lowest BCUT2D eigenvalue weighted by molar-refractivity contribution is 0.651. The standard InChI is InChI=1S/C73H45N5S3/c1-73(2)56-31-40(27-29-42(56)43-30-28-41(32-57(43)73)76-59-21-9-3-15-44(59)50-33-53-47-18-6-12-24-65(47)79-68(53)37-62(50)76)58-36-71(77-60-22-10-4-16-45(60)51-34-54-48-19-7-13-25-66(48)80-69(54)38-63(51)77)75-72(74-58)78-61-23-11-5-17-46(61)52-35-55-49-20-8-14-26-67(49)81-70(55)39-64(52)78/h3-27,29,31-39H,28,30H2,1-2H3. The topological polar surface area (TPSA) is 40.6 Å². The molecule has 2 aliphatic rings. The summed E-state index contributed by atoms with van der Waals surface area (Å²) in [6, 6.07) is 77.0. The molecule has 0 saturated heterocycles. The molecule has 0 amide bonds. The fourth-order valence-corrected chi connectivity index (χ4v) is 17.8. The lowest BCUT2D eigenvalue weighted by Crippen LogP contribution is -2.18. The molecule has 0 aliphatic heterocycles. The van der Waals surface area contributed by atoms with Gasteiger partial charge < -0.3 is 4.57 Å². The number of para-hydroxylation sites is 3. The zero-order valence-corrected chi connectivity index (χ0v) is 46.5. The van der Waals surface area contributed by atoms with E-state index >= 15 is 0 Å². The Morgan fingerprint density at radius 2 is 0.827 bits per heavy atom. The molecule has 19 rings (SSSR count). The summed E-state index contributed by atoms with van der Waals surface area (Å²) in [5, 5.41) is 15.2. The monoisotopic (exact) mass is 1090 g/mol. The van der Waals surface area contributed by atoms with Crippen molar-refractivity contribution >= 4 is 171 Å². The van der Waals surface area contributed by atoms with Gasteiger partial charge in [-0.1, -0.05) is 135 Å². The molecule has 5 nitrogen and oxygen atoms in total. The average Bonchev–Trinajstić information content (AvgIpc) is 3.93. The number of nitrogens with zero attached hydrogens (tertiary/aromatic N) is 5. The predicted molar refractivity (Wildman–Crippen MR) is 348 cm³/mol. The lowest BCUT2D eigenvalue weighted by atomic mass is 9.79. The van der Waals surface area contributed by atoms with Gasteiger partial charge in [-0.25, -0.2) is 4.98 Å². The first kappa shape index (κ1) is 44.6. The van der Waals surface area contributed by atoms with E-state index < -0.39 is 0 Å². The summed E-state index contributed by atoms with van der Waals surface area (Å²) in [6.07, 6.45) is 4.47. The van der Waals surface area contributed by atoms with Gasteiger partial charge in [0.2, 0.25) is 5.95 Å². The maximum Gasteiger partial charge on any atom is 0.237 e. The summed E-state index contributed by atoms with van der Waals surface area (Å²) in [5.74, 6) is 1.48. The molecule has 17 aromatic rings. The maximum atomic E-state index is 5.76. The van der Waals surface area contributed by atoms with Crippen LogP contribution in [0.15, 0.2) is 218 Å². The summed E-state index contributed by atoms with van der Waals surface area (Å²) < 4.78 is 15.1. The number of fused-ring (bicyclic) bond motifs is 20. The molecule has 2 aliphatic carbocycles. The molecule has 7 heterocycles. The van der Waals surface area contributed by atoms with E-state index in [1.807, 2.05) is 34.0 Å². The predicted octanol–water partition coefficient (Wildman–Crippen LogP) is 20.9. The van der Waals surface area contributed by atoms with Crippen molar-refractivity contribution in [2.45, 2.75) is 32.1 Å². The second-order valence-electron chi connectivity index (χ2n) is 22.8. The highest BCUT2D eigenvalue weighted by Crippen LogP contribution is 2.54. The molecule has 380 valence electrons. The number of benzene rings is 10. The van der Waals surface area contributed by atoms with Crippen LogP contribution in [0, 0.1) is 0 Å². The highest BCUT2D eigenvalue weighted by atomic mass is 32.1. The van der Waals surface area contributed by atoms with Crippen LogP contribution < -0.4 is 0 Å². The fraction of sp³-hybridized carbons (Fsp3) is 0.0685. The van der Waals surface area contributed by atoms with E-state index in [0.717, 1.165) is 52.0 Å². The van der Waals surface area contributed by atoms with Crippen LogP contribution in [0.3, 0.4) is 0 Å². The Kier molecular flexibility index (Phi) is 8.83. The Hall–Kier alpha value is -9.18. The number of hydrogen-bond acceptors (Lipinski definition) is 5. The average molecular weight is 1090 g/mol. The third-order valence-corrected chi connectivity index (χ3v) is 21.6. The van der Waals surface area contributed by atoms with E-state index in [9.17, 15) is 0 Å². The highest BCUT2D eigenvalue weighted by molar-refractivity contribution is 7.26. The molecule has 7 aromatic heterocycles. The van der Waals surface area contributed by atoms with Crippen molar-refractivity contribution in [3.63, 3.8) is 0 Å². The molecule has 0 fully saturated rings. The molecule has 0 unspecified atom stereocenters. The van der Waals surface area contributed by atoms with Crippen molar-refractivity contribution in [1.82, 2.24) is 23.7 Å². The van der Waals surface area contributed by atoms with E-state index in [2.05, 4.69) is 240 Å². The quantitative estimate of drug-likeness (QED) is 0.176. The van der Waals surface area contributed by atoms with Crippen molar-refractivity contribution in [2.24, 2.45) is 0 Å². The minimum absolute atomic E-state index is 0.270. The van der Waals surface area contributed by atoms with Crippen molar-refractivity contribution < 1.29 is 0 Å². The van der Waals surface area contributed by atoms with Crippen molar-refractivity contribution in [3.05, 3.63) is 229 Å². The van der Waals surface area contributed by atoms with Gasteiger partial charge in [-0.2, -0.15) is 4.98 Å². The number of hydrogen-bond donors (Lipinski definition) is 0. The summed E-state index contributed by atoms with van der Waals surface area (Å²) in [4.78, 5) is 11.5. The van der Waals surface area contributed by atoms with Crippen LogP contribution in [-0.2, 0) is 5.41 Å². The van der Waals surface area contributed by atoms with Gasteiger partial charge in [0, 0.05) is 116 Å². The molecular formula is C73H45N5S3. The molecule has 8 heteroatoms. The Labute approximate surface area is 475 Å². The summed E-state index contributed by atoms with van der Waals surface area (Å²) >= 11 is 5.61. The zero-order valence-electron chi connectivity index (χ0n) is 44.1. The number of allylic oxidation sites excluding steroid dienone is 4. The molecule has 0 saturated carbocycles. The Bertz CT molecular complexity index is 5560. The van der Waals surface area contributed by atoms with E-state index in [1.165, 1.54) is 132 Å². The maximum absolute atomic E-state index is 5.76. The molecule has 0 N–H and O–H groups in total. The van der Waals surface area contributed by atoms with Crippen LogP contribution in [0.5, 0.6) is 0 Å². The van der Waals surface area contributed by atoms with Gasteiger partial charge in [0.25, 0.3) is 0 Å². The van der Waals surface area contributed by atoms with E-state index in [0.29, 0.717) is 5.95 Å². The first-order valence-corrected chi connectivity index (χ1v) is 30.4. The number of aromatic nitrogens is 5. The number of rotatable bonds is 4. The van der Waals surface area contributed by atoms with E-state index in [1.54, 1.807) is 0 Å². The van der Waals surface area contributed by atoms with Crippen LogP contribution in [-0.4, -0.2) is 23.7 Å². The first-order chi connectivity index (χ1) is 39.9. The van der Waals surface area contributed by atoms with Crippen molar-refractivity contribution in [1.29, 1.82) is 0 Å². The van der Waals surface area contributed by atoms with Crippen molar-refractivity contribution in [3.8, 4) is 23.0 Å². The molecule has 81 heavy (non-hydrogen) atoms. The molecule has 0 radical (unpaired) electrons. The molecule has 10 aromatic carbocycles. The normalized spacial score (nSPS) is 14.6. The van der Waals surface area contributed by atoms with Gasteiger partial charge >= 0.3 is 0 Å². The fourth-order valence-electron chi connectivity index (χ4n) is 14.5. The van der Waals surface area contributed by atoms with Gasteiger partial charge in [-0.15, -0.1) is 34.0 Å². The highest BCUT2D eigenvalue weighted by Gasteiger charge is 2.39. The Morgan fingerprint density at radius 3 is 1.37 bits per heavy atom. The molecular weight excluding hydrogens is 1040 g/mol. The molecule has 0 atom stereocenters. The van der Waals surface area contributed by atoms with Gasteiger partial charge in [-0.3, -0.25) is 9.13 Å². The SMILES string of the molecule is CC1(C)C2=C(CCC(n3c4ccccc4c4cc5c(cc43)sc3ccccc35)=C2)c2ccc(-c3cc(-n4c5ccccc5c5cc6c(cc54)sc4ccccc46)nc(-n4c5ccccc5c5cc6c(cc54)sc4ccccc46)n3)cc21.